The Kier molecular flexibility index (Phi) is 2.78. The molecule has 0 saturated heterocycles. The molecule has 0 amide bonds. The summed E-state index contributed by atoms with van der Waals surface area (Å²) in [7, 11) is 0. The van der Waals surface area contributed by atoms with Gasteiger partial charge in [-0.2, -0.15) is 0 Å². The molecular formula is C7H9F2NO2. The van der Waals surface area contributed by atoms with Gasteiger partial charge in [0.05, 0.1) is 12.3 Å². The van der Waals surface area contributed by atoms with Gasteiger partial charge in [0.25, 0.3) is 6.43 Å². The minimum atomic E-state index is -2.86. The van der Waals surface area contributed by atoms with Gasteiger partial charge in [0.15, 0.2) is 0 Å². The van der Waals surface area contributed by atoms with Crippen molar-refractivity contribution in [3.8, 4) is 0 Å². The Morgan fingerprint density at radius 1 is 1.50 bits per heavy atom. The monoisotopic (exact) mass is 177 g/mol. The second kappa shape index (κ2) is 3.64. The maximum absolute atomic E-state index is 11.9. The molecule has 1 heterocycles. The second-order valence-corrected chi connectivity index (χ2v) is 2.37. The summed E-state index contributed by atoms with van der Waals surface area (Å²) >= 11 is 0. The maximum atomic E-state index is 11.9. The third-order valence-corrected chi connectivity index (χ3v) is 1.50. The van der Waals surface area contributed by atoms with Gasteiger partial charge in [-0.05, 0) is 12.1 Å². The van der Waals surface area contributed by atoms with E-state index in [1.54, 1.807) is 0 Å². The molecule has 0 aromatic carbocycles. The summed E-state index contributed by atoms with van der Waals surface area (Å²) in [5.41, 5.74) is 5.26. The van der Waals surface area contributed by atoms with Crippen LogP contribution in [0, 0.1) is 0 Å². The number of hydrogen-bond acceptors (Lipinski definition) is 3. The number of alkyl halides is 2. The first-order valence-corrected chi connectivity index (χ1v) is 3.38. The van der Waals surface area contributed by atoms with Gasteiger partial charge in [0.2, 0.25) is 0 Å². The molecule has 0 fully saturated rings. The fourth-order valence-electron chi connectivity index (χ4n) is 0.806. The summed E-state index contributed by atoms with van der Waals surface area (Å²) in [5.74, 6) is 0.155. The third-order valence-electron chi connectivity index (χ3n) is 1.50. The molecule has 1 aromatic rings. The van der Waals surface area contributed by atoms with Crippen LogP contribution in [-0.2, 0) is 0 Å². The zero-order valence-corrected chi connectivity index (χ0v) is 6.15. The van der Waals surface area contributed by atoms with Crippen LogP contribution >= 0.6 is 0 Å². The highest BCUT2D eigenvalue weighted by atomic mass is 19.3. The van der Waals surface area contributed by atoms with E-state index >= 15 is 0 Å². The molecule has 0 aliphatic carbocycles. The van der Waals surface area contributed by atoms with Crippen molar-refractivity contribution < 1.29 is 18.3 Å². The summed E-state index contributed by atoms with van der Waals surface area (Å²) in [4.78, 5) is 0. The molecule has 0 aliphatic heterocycles. The lowest BCUT2D eigenvalue weighted by molar-refractivity contribution is -0.0227. The van der Waals surface area contributed by atoms with Crippen LogP contribution in [0.3, 0.4) is 0 Å². The summed E-state index contributed by atoms with van der Waals surface area (Å²) in [6.45, 7) is 0. The molecule has 0 spiro atoms. The Balaban J connectivity index is 2.65. The molecule has 1 aromatic heterocycles. The van der Waals surface area contributed by atoms with Gasteiger partial charge in [0, 0.05) is 0 Å². The average molecular weight is 177 g/mol. The van der Waals surface area contributed by atoms with E-state index in [-0.39, 0.29) is 5.76 Å². The second-order valence-electron chi connectivity index (χ2n) is 2.37. The van der Waals surface area contributed by atoms with Crippen LogP contribution in [0.5, 0.6) is 0 Å². The molecule has 5 heteroatoms. The predicted molar refractivity (Wildman–Crippen MR) is 37.6 cm³/mol. The molecule has 2 unspecified atom stereocenters. The highest BCUT2D eigenvalue weighted by Gasteiger charge is 2.27. The van der Waals surface area contributed by atoms with E-state index in [1.807, 2.05) is 0 Å². The molecule has 0 aliphatic rings. The SMILES string of the molecule is NC(c1ccco1)C(O)C(F)F. The normalized spacial score (nSPS) is 16.4. The largest absolute Gasteiger partial charge is 0.468 e. The highest BCUT2D eigenvalue weighted by molar-refractivity contribution is 5.05. The van der Waals surface area contributed by atoms with Crippen LogP contribution in [0.25, 0.3) is 0 Å². The Labute approximate surface area is 67.8 Å². The molecule has 0 bridgehead atoms. The van der Waals surface area contributed by atoms with Crippen molar-refractivity contribution in [2.24, 2.45) is 5.73 Å². The summed E-state index contributed by atoms with van der Waals surface area (Å²) < 4.78 is 28.5. The summed E-state index contributed by atoms with van der Waals surface area (Å²) in [5, 5.41) is 8.83. The first kappa shape index (κ1) is 9.15. The lowest BCUT2D eigenvalue weighted by Crippen LogP contribution is -2.31. The molecule has 12 heavy (non-hydrogen) atoms. The van der Waals surface area contributed by atoms with Crippen molar-refractivity contribution in [1.82, 2.24) is 0 Å². The highest BCUT2D eigenvalue weighted by Crippen LogP contribution is 2.18. The Morgan fingerprint density at radius 3 is 2.58 bits per heavy atom. The zero-order valence-electron chi connectivity index (χ0n) is 6.15. The summed E-state index contributed by atoms with van der Waals surface area (Å²) in [6, 6.07) is 1.80. The number of aliphatic hydroxyl groups excluding tert-OH is 1. The minimum absolute atomic E-state index is 0.155. The van der Waals surface area contributed by atoms with Crippen LogP contribution in [0.2, 0.25) is 0 Å². The molecule has 1 rings (SSSR count). The lowest BCUT2D eigenvalue weighted by atomic mass is 10.1. The van der Waals surface area contributed by atoms with Crippen LogP contribution in [0.4, 0.5) is 8.78 Å². The smallest absolute Gasteiger partial charge is 0.266 e. The number of aliphatic hydroxyl groups is 1. The van der Waals surface area contributed by atoms with Gasteiger partial charge in [0.1, 0.15) is 11.9 Å². The molecule has 3 N–H and O–H groups in total. The maximum Gasteiger partial charge on any atom is 0.266 e. The van der Waals surface area contributed by atoms with Crippen molar-refractivity contribution in [2.45, 2.75) is 18.6 Å². The van der Waals surface area contributed by atoms with Crippen LogP contribution in [0.1, 0.15) is 11.8 Å². The zero-order chi connectivity index (χ0) is 9.14. The van der Waals surface area contributed by atoms with Crippen molar-refractivity contribution in [3.05, 3.63) is 24.2 Å². The van der Waals surface area contributed by atoms with E-state index in [0.717, 1.165) is 0 Å². The van der Waals surface area contributed by atoms with Gasteiger partial charge < -0.3 is 15.3 Å². The fraction of sp³-hybridized carbons (Fsp3) is 0.429. The van der Waals surface area contributed by atoms with E-state index in [4.69, 9.17) is 15.3 Å². The quantitative estimate of drug-likeness (QED) is 0.721. The predicted octanol–water partition coefficient (Wildman–Crippen LogP) is 0.905. The topological polar surface area (TPSA) is 59.4 Å². The lowest BCUT2D eigenvalue weighted by Gasteiger charge is -2.15. The van der Waals surface area contributed by atoms with Gasteiger partial charge >= 0.3 is 0 Å². The fourth-order valence-corrected chi connectivity index (χ4v) is 0.806. The summed E-state index contributed by atoms with van der Waals surface area (Å²) in [6.07, 6.45) is -3.42. The first-order valence-electron chi connectivity index (χ1n) is 3.38. The van der Waals surface area contributed by atoms with E-state index < -0.39 is 18.6 Å². The number of nitrogens with two attached hydrogens (primary N) is 1. The standard InChI is InChI=1S/C7H9F2NO2/c8-7(9)6(11)5(10)4-2-1-3-12-4/h1-3,5-7,11H,10H2. The Hall–Kier alpha value is -0.940. The minimum Gasteiger partial charge on any atom is -0.468 e. The number of furan rings is 1. The van der Waals surface area contributed by atoms with Crippen molar-refractivity contribution in [2.75, 3.05) is 0 Å². The van der Waals surface area contributed by atoms with Gasteiger partial charge in [-0.3, -0.25) is 0 Å². The molecular weight excluding hydrogens is 168 g/mol. The van der Waals surface area contributed by atoms with E-state index in [2.05, 4.69) is 0 Å². The van der Waals surface area contributed by atoms with Crippen LogP contribution in [0.15, 0.2) is 22.8 Å². The number of halogens is 2. The van der Waals surface area contributed by atoms with E-state index in [9.17, 15) is 8.78 Å². The molecule has 0 saturated carbocycles. The van der Waals surface area contributed by atoms with Gasteiger partial charge in [-0.1, -0.05) is 0 Å². The average Bonchev–Trinajstić information content (AvgIpc) is 2.53. The van der Waals surface area contributed by atoms with Crippen molar-refractivity contribution in [3.63, 3.8) is 0 Å². The van der Waals surface area contributed by atoms with Crippen LogP contribution in [-0.4, -0.2) is 17.6 Å². The first-order chi connectivity index (χ1) is 5.63. The Bertz CT molecular complexity index is 225. The van der Waals surface area contributed by atoms with E-state index in [1.165, 1.54) is 18.4 Å². The molecule has 2 atom stereocenters. The van der Waals surface area contributed by atoms with Gasteiger partial charge in [-0.25, -0.2) is 8.78 Å². The number of hydrogen-bond donors (Lipinski definition) is 2. The van der Waals surface area contributed by atoms with Crippen LogP contribution < -0.4 is 5.73 Å². The third kappa shape index (κ3) is 1.80. The molecule has 3 nitrogen and oxygen atoms in total. The van der Waals surface area contributed by atoms with E-state index in [0.29, 0.717) is 0 Å². The Morgan fingerprint density at radius 2 is 2.17 bits per heavy atom. The van der Waals surface area contributed by atoms with Crippen molar-refractivity contribution >= 4 is 0 Å². The van der Waals surface area contributed by atoms with Gasteiger partial charge in [-0.15, -0.1) is 0 Å². The number of rotatable bonds is 3. The molecule has 0 radical (unpaired) electrons. The van der Waals surface area contributed by atoms with Crippen molar-refractivity contribution in [1.29, 1.82) is 0 Å². The molecule has 68 valence electrons.